The van der Waals surface area contributed by atoms with Crippen molar-refractivity contribution in [2.24, 2.45) is 5.92 Å². The molecule has 1 amide bonds. The number of hydrogen-bond acceptors (Lipinski definition) is 3. The standard InChI is InChI=1S/C19H20FN3O3/c20-13-4-3-5-14(10-13)23-16-7-2-1-6-15(16)17(21-23)18(24)22-9-8-12(11-22)19(25)26/h3-5,10,12H,1-2,6-9,11H2,(H,25,26). The first-order chi connectivity index (χ1) is 12.5. The second kappa shape index (κ2) is 6.55. The number of carbonyl (C=O) groups is 2. The summed E-state index contributed by atoms with van der Waals surface area (Å²) in [6.45, 7) is 0.646. The molecule has 1 aliphatic heterocycles. The summed E-state index contributed by atoms with van der Waals surface area (Å²) in [4.78, 5) is 25.7. The van der Waals surface area contributed by atoms with Crippen LogP contribution in [0.5, 0.6) is 0 Å². The van der Waals surface area contributed by atoms with E-state index >= 15 is 0 Å². The van der Waals surface area contributed by atoms with E-state index in [2.05, 4.69) is 5.10 Å². The Kier molecular flexibility index (Phi) is 4.22. The second-order valence-electron chi connectivity index (χ2n) is 6.95. The third-order valence-electron chi connectivity index (χ3n) is 5.26. The summed E-state index contributed by atoms with van der Waals surface area (Å²) in [7, 11) is 0. The third kappa shape index (κ3) is 2.87. The zero-order valence-corrected chi connectivity index (χ0v) is 14.3. The van der Waals surface area contributed by atoms with Gasteiger partial charge in [-0.2, -0.15) is 5.10 Å². The zero-order chi connectivity index (χ0) is 18.3. The molecule has 1 atom stereocenters. The van der Waals surface area contributed by atoms with Crippen molar-refractivity contribution in [3.05, 3.63) is 47.0 Å². The van der Waals surface area contributed by atoms with E-state index in [4.69, 9.17) is 5.11 Å². The van der Waals surface area contributed by atoms with Gasteiger partial charge in [-0.15, -0.1) is 0 Å². The monoisotopic (exact) mass is 357 g/mol. The molecule has 0 radical (unpaired) electrons. The fourth-order valence-electron chi connectivity index (χ4n) is 3.89. The number of carbonyl (C=O) groups excluding carboxylic acids is 1. The van der Waals surface area contributed by atoms with Crippen molar-refractivity contribution in [3.63, 3.8) is 0 Å². The minimum atomic E-state index is -0.868. The first-order valence-corrected chi connectivity index (χ1v) is 8.93. The summed E-state index contributed by atoms with van der Waals surface area (Å²) in [5, 5.41) is 13.7. The highest BCUT2D eigenvalue weighted by Crippen LogP contribution is 2.29. The average molecular weight is 357 g/mol. The van der Waals surface area contributed by atoms with Gasteiger partial charge in [-0.05, 0) is 50.3 Å². The van der Waals surface area contributed by atoms with Crippen LogP contribution in [0.4, 0.5) is 4.39 Å². The number of amides is 1. The molecule has 1 fully saturated rings. The van der Waals surface area contributed by atoms with Crippen molar-refractivity contribution >= 4 is 11.9 Å². The maximum Gasteiger partial charge on any atom is 0.308 e. The van der Waals surface area contributed by atoms with Crippen molar-refractivity contribution in [3.8, 4) is 5.69 Å². The number of rotatable bonds is 3. The molecule has 0 bridgehead atoms. The highest BCUT2D eigenvalue weighted by molar-refractivity contribution is 5.95. The van der Waals surface area contributed by atoms with Crippen LogP contribution in [0.25, 0.3) is 5.69 Å². The summed E-state index contributed by atoms with van der Waals surface area (Å²) in [6.07, 6.45) is 4.02. The molecule has 1 N–H and O–H groups in total. The lowest BCUT2D eigenvalue weighted by Gasteiger charge is -2.17. The lowest BCUT2D eigenvalue weighted by atomic mass is 9.95. The van der Waals surface area contributed by atoms with Crippen LogP contribution in [0, 0.1) is 11.7 Å². The number of nitrogens with zero attached hydrogens (tertiary/aromatic N) is 3. The number of aromatic nitrogens is 2. The first-order valence-electron chi connectivity index (χ1n) is 8.93. The molecule has 1 aliphatic carbocycles. The predicted molar refractivity (Wildman–Crippen MR) is 91.8 cm³/mol. The molecule has 136 valence electrons. The van der Waals surface area contributed by atoms with E-state index in [0.717, 1.165) is 36.9 Å². The van der Waals surface area contributed by atoms with E-state index in [1.165, 1.54) is 12.1 Å². The molecule has 0 saturated carbocycles. The predicted octanol–water partition coefficient (Wildman–Crippen LogP) is 2.44. The van der Waals surface area contributed by atoms with Crippen molar-refractivity contribution in [1.82, 2.24) is 14.7 Å². The fraction of sp³-hybridized carbons (Fsp3) is 0.421. The van der Waals surface area contributed by atoms with Gasteiger partial charge in [0.25, 0.3) is 5.91 Å². The molecule has 6 nitrogen and oxygen atoms in total. The zero-order valence-electron chi connectivity index (χ0n) is 14.3. The molecule has 1 aromatic carbocycles. The first kappa shape index (κ1) is 16.8. The van der Waals surface area contributed by atoms with Gasteiger partial charge in [-0.1, -0.05) is 6.07 Å². The summed E-state index contributed by atoms with van der Waals surface area (Å²) >= 11 is 0. The van der Waals surface area contributed by atoms with E-state index in [0.29, 0.717) is 24.3 Å². The van der Waals surface area contributed by atoms with Crippen LogP contribution in [0.2, 0.25) is 0 Å². The fourth-order valence-corrected chi connectivity index (χ4v) is 3.89. The van der Waals surface area contributed by atoms with Gasteiger partial charge in [0.15, 0.2) is 5.69 Å². The van der Waals surface area contributed by atoms with Crippen molar-refractivity contribution < 1.29 is 19.1 Å². The number of fused-ring (bicyclic) bond motifs is 1. The molecule has 1 unspecified atom stereocenters. The Labute approximate surface area is 150 Å². The average Bonchev–Trinajstić information content (AvgIpc) is 3.27. The molecule has 26 heavy (non-hydrogen) atoms. The van der Waals surface area contributed by atoms with Crippen molar-refractivity contribution in [2.75, 3.05) is 13.1 Å². The topological polar surface area (TPSA) is 75.4 Å². The Morgan fingerprint density at radius 3 is 2.77 bits per heavy atom. The molecule has 1 aromatic heterocycles. The highest BCUT2D eigenvalue weighted by Gasteiger charge is 2.34. The number of carboxylic acid groups (broad SMARTS) is 1. The minimum Gasteiger partial charge on any atom is -0.481 e. The quantitative estimate of drug-likeness (QED) is 0.915. The van der Waals surface area contributed by atoms with Crippen LogP contribution in [0.1, 0.15) is 41.0 Å². The van der Waals surface area contributed by atoms with Crippen LogP contribution < -0.4 is 0 Å². The Bertz CT molecular complexity index is 877. The Hall–Kier alpha value is -2.70. The summed E-state index contributed by atoms with van der Waals surface area (Å²) in [6, 6.07) is 6.19. The van der Waals surface area contributed by atoms with Crippen molar-refractivity contribution in [2.45, 2.75) is 32.1 Å². The number of carboxylic acids is 1. The lowest BCUT2D eigenvalue weighted by molar-refractivity contribution is -0.141. The van der Waals surface area contributed by atoms with Gasteiger partial charge in [0.2, 0.25) is 0 Å². The summed E-state index contributed by atoms with van der Waals surface area (Å²) in [5.41, 5.74) is 2.87. The second-order valence-corrected chi connectivity index (χ2v) is 6.95. The van der Waals surface area contributed by atoms with Gasteiger partial charge in [0.05, 0.1) is 11.6 Å². The minimum absolute atomic E-state index is 0.218. The van der Waals surface area contributed by atoms with Crippen molar-refractivity contribution in [1.29, 1.82) is 0 Å². The summed E-state index contributed by atoms with van der Waals surface area (Å²) < 4.78 is 15.3. The molecular formula is C19H20FN3O3. The van der Waals surface area contributed by atoms with Gasteiger partial charge < -0.3 is 10.0 Å². The molecule has 0 spiro atoms. The maximum atomic E-state index is 13.6. The van der Waals surface area contributed by atoms with Gasteiger partial charge in [0.1, 0.15) is 5.82 Å². The van der Waals surface area contributed by atoms with Crippen LogP contribution in [0.15, 0.2) is 24.3 Å². The molecule has 1 saturated heterocycles. The Balaban J connectivity index is 1.71. The van der Waals surface area contributed by atoms with E-state index < -0.39 is 11.9 Å². The van der Waals surface area contributed by atoms with Gasteiger partial charge in [0, 0.05) is 24.3 Å². The largest absolute Gasteiger partial charge is 0.481 e. The van der Waals surface area contributed by atoms with Gasteiger partial charge in [-0.25, -0.2) is 9.07 Å². The van der Waals surface area contributed by atoms with Gasteiger partial charge in [-0.3, -0.25) is 9.59 Å². The van der Waals surface area contributed by atoms with E-state index in [-0.39, 0.29) is 18.3 Å². The number of aliphatic carboxylic acids is 1. The molecule has 2 aliphatic rings. The Morgan fingerprint density at radius 2 is 2.04 bits per heavy atom. The normalized spacial score (nSPS) is 19.4. The Morgan fingerprint density at radius 1 is 1.23 bits per heavy atom. The van der Waals surface area contributed by atoms with E-state index in [1.807, 2.05) is 0 Å². The number of likely N-dealkylation sites (tertiary alicyclic amines) is 1. The molecular weight excluding hydrogens is 337 g/mol. The van der Waals surface area contributed by atoms with Gasteiger partial charge >= 0.3 is 5.97 Å². The molecule has 2 aromatic rings. The SMILES string of the molecule is O=C(O)C1CCN(C(=O)c2nn(-c3cccc(F)c3)c3c2CCCC3)C1. The molecule has 2 heterocycles. The van der Waals surface area contributed by atoms with E-state index in [9.17, 15) is 14.0 Å². The highest BCUT2D eigenvalue weighted by atomic mass is 19.1. The van der Waals surface area contributed by atoms with Crippen LogP contribution >= 0.6 is 0 Å². The third-order valence-corrected chi connectivity index (χ3v) is 5.26. The lowest BCUT2D eigenvalue weighted by Crippen LogP contribution is -2.31. The maximum absolute atomic E-state index is 13.6. The van der Waals surface area contributed by atoms with Crippen LogP contribution in [0.3, 0.4) is 0 Å². The number of halogens is 1. The molecule has 7 heteroatoms. The van der Waals surface area contributed by atoms with Crippen LogP contribution in [-0.2, 0) is 17.6 Å². The summed E-state index contributed by atoms with van der Waals surface area (Å²) in [5.74, 6) is -1.95. The number of hydrogen-bond donors (Lipinski definition) is 1. The smallest absolute Gasteiger partial charge is 0.308 e. The van der Waals surface area contributed by atoms with E-state index in [1.54, 1.807) is 21.7 Å². The molecule has 4 rings (SSSR count). The van der Waals surface area contributed by atoms with Crippen LogP contribution in [-0.4, -0.2) is 44.8 Å². The number of benzene rings is 1.